The Bertz CT molecular complexity index is 519. The molecule has 2 fully saturated rings. The summed E-state index contributed by atoms with van der Waals surface area (Å²) in [7, 11) is 0. The highest BCUT2D eigenvalue weighted by atomic mass is 35.5. The molecular weight excluding hydrogens is 258 g/mol. The quantitative estimate of drug-likeness (QED) is 0.826. The van der Waals surface area contributed by atoms with Crippen LogP contribution < -0.4 is 5.32 Å². The van der Waals surface area contributed by atoms with E-state index in [1.54, 1.807) is 0 Å². The number of fused-ring (bicyclic) bond motifs is 2. The lowest BCUT2D eigenvalue weighted by atomic mass is 10.0. The van der Waals surface area contributed by atoms with Crippen molar-refractivity contribution in [1.29, 1.82) is 0 Å². The van der Waals surface area contributed by atoms with E-state index in [0.29, 0.717) is 0 Å². The molecule has 0 aromatic heterocycles. The lowest BCUT2D eigenvalue weighted by molar-refractivity contribution is -0.125. The molecule has 1 aromatic rings. The molecule has 0 spiro atoms. The molecule has 0 aliphatic heterocycles. The number of nitrogens with one attached hydrogen (secondary N) is 1. The monoisotopic (exact) mass is 275 g/mol. The highest BCUT2D eigenvalue weighted by molar-refractivity contribution is 6.21. The topological polar surface area (TPSA) is 29.1 Å². The van der Waals surface area contributed by atoms with E-state index in [-0.39, 0.29) is 23.2 Å². The van der Waals surface area contributed by atoms with Crippen molar-refractivity contribution < 1.29 is 4.79 Å². The molecule has 2 saturated carbocycles. The average molecular weight is 276 g/mol. The first-order valence-corrected chi connectivity index (χ1v) is 7.68. The summed E-state index contributed by atoms with van der Waals surface area (Å²) in [5.41, 5.74) is 2.49. The Kier molecular flexibility index (Phi) is 2.63. The summed E-state index contributed by atoms with van der Waals surface area (Å²) in [4.78, 5) is 12.4. The summed E-state index contributed by atoms with van der Waals surface area (Å²) in [6.45, 7) is 0. The fourth-order valence-corrected chi connectivity index (χ4v) is 4.28. The van der Waals surface area contributed by atoms with Crippen molar-refractivity contribution in [1.82, 2.24) is 5.32 Å². The number of carbonyl (C=O) groups is 1. The summed E-state index contributed by atoms with van der Waals surface area (Å²) in [5, 5.41) is 3.19. The predicted octanol–water partition coefficient (Wildman–Crippen LogP) is 3.05. The second-order valence-corrected chi connectivity index (χ2v) is 6.89. The van der Waals surface area contributed by atoms with Crippen molar-refractivity contribution in [3.8, 4) is 0 Å². The number of alkyl halides is 1. The number of amides is 1. The van der Waals surface area contributed by atoms with Crippen LogP contribution in [-0.2, 0) is 11.2 Å². The van der Waals surface area contributed by atoms with E-state index >= 15 is 0 Å². The number of rotatable bonds is 2. The lowest BCUT2D eigenvalue weighted by Gasteiger charge is -2.20. The first-order chi connectivity index (χ1) is 9.22. The van der Waals surface area contributed by atoms with Crippen molar-refractivity contribution >= 4 is 17.5 Å². The Labute approximate surface area is 118 Å². The van der Waals surface area contributed by atoms with Gasteiger partial charge in [-0.1, -0.05) is 24.3 Å². The van der Waals surface area contributed by atoms with Gasteiger partial charge in [-0.3, -0.25) is 4.79 Å². The third-order valence-electron chi connectivity index (χ3n) is 5.08. The van der Waals surface area contributed by atoms with Gasteiger partial charge in [-0.15, -0.1) is 11.6 Å². The molecule has 100 valence electrons. The van der Waals surface area contributed by atoms with Gasteiger partial charge >= 0.3 is 0 Å². The van der Waals surface area contributed by atoms with Gasteiger partial charge in [0.1, 0.15) is 0 Å². The molecule has 0 bridgehead atoms. The van der Waals surface area contributed by atoms with Gasteiger partial charge in [0.15, 0.2) is 0 Å². The Morgan fingerprint density at radius 2 is 1.89 bits per heavy atom. The minimum atomic E-state index is -0.00251. The zero-order chi connectivity index (χ0) is 13.0. The van der Waals surface area contributed by atoms with Gasteiger partial charge in [-0.25, -0.2) is 0 Å². The Balaban J connectivity index is 1.49. The van der Waals surface area contributed by atoms with Crippen molar-refractivity contribution in [3.05, 3.63) is 35.4 Å². The smallest absolute Gasteiger partial charge is 0.223 e. The van der Waals surface area contributed by atoms with Crippen LogP contribution in [-0.4, -0.2) is 11.3 Å². The minimum Gasteiger partial charge on any atom is -0.348 e. The Morgan fingerprint density at radius 1 is 1.16 bits per heavy atom. The number of hydrogen-bond donors (Lipinski definition) is 1. The molecule has 3 aliphatic rings. The summed E-state index contributed by atoms with van der Waals surface area (Å²) < 4.78 is 0. The van der Waals surface area contributed by atoms with E-state index in [4.69, 9.17) is 11.6 Å². The van der Waals surface area contributed by atoms with Crippen LogP contribution in [0.1, 0.15) is 36.4 Å². The van der Waals surface area contributed by atoms with E-state index < -0.39 is 0 Å². The molecule has 0 heterocycles. The van der Waals surface area contributed by atoms with Crippen molar-refractivity contribution in [3.63, 3.8) is 0 Å². The zero-order valence-corrected chi connectivity index (χ0v) is 11.6. The summed E-state index contributed by atoms with van der Waals surface area (Å²) >= 11 is 6.42. The normalized spacial score (nSPS) is 38.7. The number of benzene rings is 1. The molecule has 1 N–H and O–H groups in total. The first kappa shape index (κ1) is 11.8. The maximum absolute atomic E-state index is 12.4. The third kappa shape index (κ3) is 1.97. The standard InChI is InChI=1S/C16H18ClNO/c17-14-8-9-3-1-2-4-13(9)15(14)18-16(19)12-6-10-5-11(10)7-12/h1-4,10-12,14-15H,5-8H2,(H,18,19). The van der Waals surface area contributed by atoms with E-state index in [9.17, 15) is 4.79 Å². The molecule has 0 radical (unpaired) electrons. The molecule has 1 aromatic carbocycles. The Hall–Kier alpha value is -1.02. The van der Waals surface area contributed by atoms with Crippen LogP contribution in [0.4, 0.5) is 0 Å². The van der Waals surface area contributed by atoms with Crippen molar-refractivity contribution in [2.24, 2.45) is 17.8 Å². The second-order valence-electron chi connectivity index (χ2n) is 6.33. The first-order valence-electron chi connectivity index (χ1n) is 7.24. The third-order valence-corrected chi connectivity index (χ3v) is 5.49. The van der Waals surface area contributed by atoms with Gasteiger partial charge in [0.05, 0.1) is 11.4 Å². The molecule has 2 nitrogen and oxygen atoms in total. The van der Waals surface area contributed by atoms with Crippen LogP contribution >= 0.6 is 11.6 Å². The van der Waals surface area contributed by atoms with Gasteiger partial charge in [-0.05, 0) is 48.6 Å². The molecular formula is C16H18ClNO. The SMILES string of the molecule is O=C(NC1c2ccccc2CC1Cl)C1CC2CC2C1. The predicted molar refractivity (Wildman–Crippen MR) is 75.0 cm³/mol. The van der Waals surface area contributed by atoms with Crippen LogP contribution in [0.5, 0.6) is 0 Å². The molecule has 4 atom stereocenters. The van der Waals surface area contributed by atoms with E-state index in [1.807, 2.05) is 12.1 Å². The number of halogens is 1. The molecule has 0 saturated heterocycles. The minimum absolute atomic E-state index is 0.00212. The molecule has 19 heavy (non-hydrogen) atoms. The van der Waals surface area contributed by atoms with E-state index in [0.717, 1.165) is 31.1 Å². The van der Waals surface area contributed by atoms with E-state index in [2.05, 4.69) is 17.4 Å². The number of hydrogen-bond acceptors (Lipinski definition) is 1. The van der Waals surface area contributed by atoms with Gasteiger partial charge in [0.2, 0.25) is 5.91 Å². The molecule has 3 aliphatic carbocycles. The maximum atomic E-state index is 12.4. The average Bonchev–Trinajstić information content (AvgIpc) is 2.89. The van der Waals surface area contributed by atoms with Crippen molar-refractivity contribution in [2.45, 2.75) is 37.1 Å². The maximum Gasteiger partial charge on any atom is 0.223 e. The van der Waals surface area contributed by atoms with Crippen LogP contribution in [0.25, 0.3) is 0 Å². The highest BCUT2D eigenvalue weighted by Gasteiger charge is 2.48. The van der Waals surface area contributed by atoms with Gasteiger partial charge in [0.25, 0.3) is 0 Å². The van der Waals surface area contributed by atoms with Crippen LogP contribution in [0.15, 0.2) is 24.3 Å². The largest absolute Gasteiger partial charge is 0.348 e. The summed E-state index contributed by atoms with van der Waals surface area (Å²) in [5.74, 6) is 2.15. The van der Waals surface area contributed by atoms with Crippen molar-refractivity contribution in [2.75, 3.05) is 0 Å². The summed E-state index contributed by atoms with van der Waals surface area (Å²) in [6, 6.07) is 8.27. The van der Waals surface area contributed by atoms with E-state index in [1.165, 1.54) is 17.5 Å². The Morgan fingerprint density at radius 3 is 2.68 bits per heavy atom. The zero-order valence-electron chi connectivity index (χ0n) is 10.8. The molecule has 3 heteroatoms. The van der Waals surface area contributed by atoms with Crippen LogP contribution in [0, 0.1) is 17.8 Å². The van der Waals surface area contributed by atoms with Gasteiger partial charge in [0, 0.05) is 5.92 Å². The van der Waals surface area contributed by atoms with Crippen LogP contribution in [0.3, 0.4) is 0 Å². The lowest BCUT2D eigenvalue weighted by Crippen LogP contribution is -2.36. The number of carbonyl (C=O) groups excluding carboxylic acids is 1. The fourth-order valence-electron chi connectivity index (χ4n) is 3.91. The fraction of sp³-hybridized carbons (Fsp3) is 0.562. The second kappa shape index (κ2) is 4.24. The summed E-state index contributed by atoms with van der Waals surface area (Å²) in [6.07, 6.45) is 4.41. The van der Waals surface area contributed by atoms with Gasteiger partial charge in [-0.2, -0.15) is 0 Å². The molecule has 1 amide bonds. The van der Waals surface area contributed by atoms with Crippen LogP contribution in [0.2, 0.25) is 0 Å². The highest BCUT2D eigenvalue weighted by Crippen LogP contribution is 2.54. The molecule has 4 unspecified atom stereocenters. The van der Waals surface area contributed by atoms with Gasteiger partial charge < -0.3 is 5.32 Å². The molecule has 4 rings (SSSR count).